The number of ether oxygens (including phenoxy) is 9. The van der Waals surface area contributed by atoms with Gasteiger partial charge in [-0.3, -0.25) is 9.13 Å². The monoisotopic (exact) mass is 1010 g/mol. The Morgan fingerprint density at radius 1 is 0.383 bits per heavy atom. The second-order valence-electron chi connectivity index (χ2n) is 12.0. The first kappa shape index (κ1) is 58.6. The Kier molecular flexibility index (Phi) is 41.2. The number of nitrogens with zero attached hydrogens (tertiary/aromatic N) is 3. The lowest BCUT2D eigenvalue weighted by Crippen LogP contribution is -2.11. The van der Waals surface area contributed by atoms with Gasteiger partial charge in [-0.25, -0.2) is 0 Å². The zero-order chi connectivity index (χ0) is 43.7. The van der Waals surface area contributed by atoms with Crippen LogP contribution >= 0.6 is 86.6 Å². The fraction of sp³-hybridized carbons (Fsp3) is 0.912. The summed E-state index contributed by atoms with van der Waals surface area (Å²) in [4.78, 5) is 48.5. The molecule has 1 rings (SSSR count). The third-order valence-electron chi connectivity index (χ3n) is 6.83. The van der Waals surface area contributed by atoms with Crippen molar-refractivity contribution >= 4 is 86.6 Å². The summed E-state index contributed by atoms with van der Waals surface area (Å²) in [5.74, 6) is 8.11. The van der Waals surface area contributed by atoms with Crippen molar-refractivity contribution in [3.05, 3.63) is 0 Å². The number of aromatic nitrogens is 3. The normalized spacial score (nSPS) is 12.0. The van der Waals surface area contributed by atoms with Crippen LogP contribution in [-0.2, 0) is 37.6 Å². The molecule has 0 aliphatic rings. The van der Waals surface area contributed by atoms with Gasteiger partial charge in [-0.05, 0) is 36.5 Å². The van der Waals surface area contributed by atoms with Gasteiger partial charge in [0, 0.05) is 46.0 Å². The molecule has 0 spiro atoms. The van der Waals surface area contributed by atoms with Crippen LogP contribution in [0, 0.1) is 0 Å². The second-order valence-corrected chi connectivity index (χ2v) is 22.1. The molecule has 0 aliphatic heterocycles. The standard InChI is InChI=1S/C34H67N3O15P2S6/c38-53(39,40)19-30-59-28-17-48-11-9-46-15-26-57-23-2-5-51-33-35-32(50-4-1-22-56-25-14-45-8-7-44-13-21-55)36-34(37-33)52-6-3-24-58-27-16-47-10-12-49-18-29-60-31-20-54(41,42)43/h55H,1-31H2,(H2,38,39,40)(H2,41,42,43). The summed E-state index contributed by atoms with van der Waals surface area (Å²) in [7, 11) is -7.85. The van der Waals surface area contributed by atoms with Gasteiger partial charge in [-0.2, -0.15) is 71.4 Å². The highest BCUT2D eigenvalue weighted by Gasteiger charge is 2.13. The van der Waals surface area contributed by atoms with E-state index in [9.17, 15) is 9.13 Å². The Balaban J connectivity index is 2.26. The summed E-state index contributed by atoms with van der Waals surface area (Å²) in [5.41, 5.74) is 0. The molecule has 0 aromatic carbocycles. The van der Waals surface area contributed by atoms with Gasteiger partial charge < -0.3 is 62.2 Å². The number of thiol groups is 1. The molecule has 0 fully saturated rings. The minimum absolute atomic E-state index is 0.112. The summed E-state index contributed by atoms with van der Waals surface area (Å²) in [6.45, 7) is 7.93. The zero-order valence-corrected chi connectivity index (χ0v) is 41.2. The lowest BCUT2D eigenvalue weighted by molar-refractivity contribution is 0.0605. The lowest BCUT2D eigenvalue weighted by atomic mass is 10.5. The van der Waals surface area contributed by atoms with Gasteiger partial charge in [0.05, 0.1) is 111 Å². The van der Waals surface area contributed by atoms with Crippen molar-refractivity contribution in [1.29, 1.82) is 0 Å². The van der Waals surface area contributed by atoms with Gasteiger partial charge in [-0.1, -0.05) is 0 Å². The van der Waals surface area contributed by atoms with Crippen LogP contribution in [0.4, 0.5) is 0 Å². The first-order valence-electron chi connectivity index (χ1n) is 19.8. The summed E-state index contributed by atoms with van der Waals surface area (Å²) in [6.07, 6.45) is 2.15. The highest BCUT2D eigenvalue weighted by atomic mass is 32.2. The van der Waals surface area contributed by atoms with Crippen molar-refractivity contribution in [3.63, 3.8) is 0 Å². The van der Waals surface area contributed by atoms with E-state index in [0.29, 0.717) is 128 Å². The van der Waals surface area contributed by atoms with E-state index in [1.165, 1.54) is 23.5 Å². The second kappa shape index (κ2) is 42.2. The van der Waals surface area contributed by atoms with Crippen molar-refractivity contribution < 1.29 is 71.3 Å². The van der Waals surface area contributed by atoms with Crippen LogP contribution in [0.25, 0.3) is 0 Å². The predicted molar refractivity (Wildman–Crippen MR) is 249 cm³/mol. The summed E-state index contributed by atoms with van der Waals surface area (Å²) >= 11 is 12.3. The van der Waals surface area contributed by atoms with Crippen LogP contribution in [0.1, 0.15) is 19.3 Å². The largest absolute Gasteiger partial charge is 0.463 e. The molecule has 0 bridgehead atoms. The molecule has 18 nitrogen and oxygen atoms in total. The van der Waals surface area contributed by atoms with E-state index in [0.717, 1.165) is 53.8 Å². The van der Waals surface area contributed by atoms with Crippen molar-refractivity contribution in [1.82, 2.24) is 15.0 Å². The van der Waals surface area contributed by atoms with E-state index in [1.54, 1.807) is 35.3 Å². The van der Waals surface area contributed by atoms with Crippen LogP contribution in [0.15, 0.2) is 0 Å². The number of rotatable bonds is 47. The van der Waals surface area contributed by atoms with Crippen molar-refractivity contribution in [2.24, 2.45) is 0 Å². The molecule has 0 amide bonds. The minimum atomic E-state index is -3.92. The third-order valence-corrected chi connectivity index (χ3v) is 14.2. The van der Waals surface area contributed by atoms with E-state index < -0.39 is 15.2 Å². The van der Waals surface area contributed by atoms with Crippen LogP contribution in [-0.4, -0.2) is 209 Å². The highest BCUT2D eigenvalue weighted by Crippen LogP contribution is 2.35. The van der Waals surface area contributed by atoms with Gasteiger partial charge in [0.1, 0.15) is 0 Å². The molecule has 1 heterocycles. The zero-order valence-electron chi connectivity index (χ0n) is 34.4. The summed E-state index contributed by atoms with van der Waals surface area (Å²) in [6, 6.07) is 0.470. The smallest absolute Gasteiger partial charge is 0.326 e. The molecule has 0 radical (unpaired) electrons. The molecular weight excluding hydrogens is 945 g/mol. The summed E-state index contributed by atoms with van der Waals surface area (Å²) in [5, 5.41) is 0. The predicted octanol–water partition coefficient (Wildman–Crippen LogP) is 4.23. The van der Waals surface area contributed by atoms with Crippen molar-refractivity contribution in [2.45, 2.75) is 19.3 Å². The molecule has 4 N–H and O–H groups in total. The maximum Gasteiger partial charge on any atom is 0.326 e. The van der Waals surface area contributed by atoms with Crippen LogP contribution in [0.5, 0.6) is 18.0 Å². The maximum atomic E-state index is 10.8. The highest BCUT2D eigenvalue weighted by molar-refractivity contribution is 8.00. The fourth-order valence-electron chi connectivity index (χ4n) is 3.98. The molecular formula is C34H67N3O15P2S6. The van der Waals surface area contributed by atoms with Crippen LogP contribution in [0.2, 0.25) is 0 Å². The van der Waals surface area contributed by atoms with Gasteiger partial charge in [0.2, 0.25) is 0 Å². The van der Waals surface area contributed by atoms with Gasteiger partial charge in [0.15, 0.2) is 0 Å². The fourth-order valence-corrected chi connectivity index (χ4v) is 10.2. The first-order chi connectivity index (χ1) is 29.1. The molecule has 354 valence electrons. The van der Waals surface area contributed by atoms with E-state index in [1.807, 2.05) is 0 Å². The van der Waals surface area contributed by atoms with Crippen LogP contribution < -0.4 is 14.2 Å². The Morgan fingerprint density at radius 2 is 0.650 bits per heavy atom. The molecule has 0 atom stereocenters. The average molecular weight is 1010 g/mol. The molecule has 0 aliphatic carbocycles. The molecule has 0 unspecified atom stereocenters. The molecule has 0 saturated carbocycles. The summed E-state index contributed by atoms with van der Waals surface area (Å²) < 4.78 is 72.4. The van der Waals surface area contributed by atoms with Gasteiger partial charge in [-0.15, -0.1) is 15.0 Å². The van der Waals surface area contributed by atoms with E-state index >= 15 is 0 Å². The molecule has 0 saturated heterocycles. The SMILES string of the molecule is O=P(O)(O)CCSCCOCCOCCSCCCOc1nc(OCCCSCCOCCOCCS)nc(OCCCSCCOCCOCCSCCP(=O)(O)O)n1. The quantitative estimate of drug-likeness (QED) is 0.0349. The lowest BCUT2D eigenvalue weighted by Gasteiger charge is -2.10. The van der Waals surface area contributed by atoms with E-state index in [-0.39, 0.29) is 30.4 Å². The number of hydrogen-bond acceptors (Lipinski definition) is 20. The number of thioether (sulfide) groups is 5. The topological polar surface area (TPSA) is 237 Å². The van der Waals surface area contributed by atoms with E-state index in [4.69, 9.17) is 62.2 Å². The Hall–Kier alpha value is 0.570. The maximum absolute atomic E-state index is 10.8. The first-order valence-corrected chi connectivity index (χ1v) is 29.8. The van der Waals surface area contributed by atoms with Gasteiger partial charge >= 0.3 is 33.2 Å². The Morgan fingerprint density at radius 3 is 0.917 bits per heavy atom. The third kappa shape index (κ3) is 43.8. The minimum Gasteiger partial charge on any atom is -0.463 e. The number of hydrogen-bond donors (Lipinski definition) is 5. The Bertz CT molecular complexity index is 1150. The van der Waals surface area contributed by atoms with E-state index in [2.05, 4.69) is 27.6 Å². The Labute approximate surface area is 382 Å². The molecule has 26 heteroatoms. The molecule has 1 aromatic heterocycles. The van der Waals surface area contributed by atoms with Crippen molar-refractivity contribution in [2.75, 3.05) is 175 Å². The molecule has 60 heavy (non-hydrogen) atoms. The molecule has 1 aromatic rings. The average Bonchev–Trinajstić information content (AvgIpc) is 3.20. The van der Waals surface area contributed by atoms with Crippen molar-refractivity contribution in [3.8, 4) is 18.0 Å². The van der Waals surface area contributed by atoms with Gasteiger partial charge in [0.25, 0.3) is 0 Å². The van der Waals surface area contributed by atoms with Crippen LogP contribution in [0.3, 0.4) is 0 Å².